The lowest BCUT2D eigenvalue weighted by molar-refractivity contribution is -0.131. The van der Waals surface area contributed by atoms with Crippen LogP contribution in [-0.2, 0) is 4.79 Å². The molecule has 0 aliphatic rings. The maximum atomic E-state index is 11.1. The predicted molar refractivity (Wildman–Crippen MR) is 74.9 cm³/mol. The number of carbonyl (C=O) groups is 1. The van der Waals surface area contributed by atoms with Gasteiger partial charge >= 0.3 is 5.97 Å². The Balaban J connectivity index is 2.41. The van der Waals surface area contributed by atoms with Gasteiger partial charge in [-0.3, -0.25) is 4.79 Å². The largest absolute Gasteiger partial charge is 0.425 e. The van der Waals surface area contributed by atoms with Gasteiger partial charge in [-0.25, -0.2) is 0 Å². The van der Waals surface area contributed by atoms with Crippen LogP contribution >= 0.6 is 0 Å². The first kappa shape index (κ1) is 13.4. The Kier molecular flexibility index (Phi) is 4.17. The number of benzene rings is 2. The molecule has 0 radical (unpaired) electrons. The van der Waals surface area contributed by atoms with E-state index in [4.69, 9.17) is 10.00 Å². The summed E-state index contributed by atoms with van der Waals surface area (Å²) in [6, 6.07) is 16.3. The molecule has 96 valence electrons. The Labute approximate surface area is 117 Å². The molecule has 0 spiro atoms. The van der Waals surface area contributed by atoms with Gasteiger partial charge in [0.25, 0.3) is 0 Å². The molecule has 2 aromatic rings. The summed E-state index contributed by atoms with van der Waals surface area (Å²) in [4.78, 5) is 11.1. The quantitative estimate of drug-likeness (QED) is 0.450. The van der Waals surface area contributed by atoms with Crippen LogP contribution in [0.25, 0.3) is 0 Å². The number of ether oxygens (including phenoxy) is 1. The smallest absolute Gasteiger partial charge is 0.308 e. The summed E-state index contributed by atoms with van der Waals surface area (Å²) in [5.74, 6) is 5.85. The molecule has 20 heavy (non-hydrogen) atoms. The van der Waals surface area contributed by atoms with Gasteiger partial charge in [0.2, 0.25) is 0 Å². The van der Waals surface area contributed by atoms with Gasteiger partial charge in [-0.15, -0.1) is 0 Å². The number of rotatable bonds is 1. The van der Waals surface area contributed by atoms with Crippen molar-refractivity contribution in [3.05, 3.63) is 65.2 Å². The van der Waals surface area contributed by atoms with Crippen molar-refractivity contribution in [3.8, 4) is 23.7 Å². The summed E-state index contributed by atoms with van der Waals surface area (Å²) in [5.41, 5.74) is 1.84. The van der Waals surface area contributed by atoms with Crippen LogP contribution in [-0.4, -0.2) is 5.97 Å². The van der Waals surface area contributed by atoms with Crippen LogP contribution in [0.15, 0.2) is 48.5 Å². The first-order valence-corrected chi connectivity index (χ1v) is 5.98. The van der Waals surface area contributed by atoms with Gasteiger partial charge < -0.3 is 4.74 Å². The first-order chi connectivity index (χ1) is 9.69. The van der Waals surface area contributed by atoms with Crippen LogP contribution in [0.3, 0.4) is 0 Å². The Morgan fingerprint density at radius 1 is 1.05 bits per heavy atom. The third kappa shape index (κ3) is 3.48. The SMILES string of the molecule is CC(=O)Oc1ccc(C#N)cc1C#Cc1ccccc1. The highest BCUT2D eigenvalue weighted by Gasteiger charge is 2.05. The molecule has 0 heterocycles. The van der Waals surface area contributed by atoms with Crippen LogP contribution in [0.4, 0.5) is 0 Å². The molecule has 0 bridgehead atoms. The number of carbonyl (C=O) groups excluding carboxylic acids is 1. The summed E-state index contributed by atoms with van der Waals surface area (Å²) >= 11 is 0. The molecule has 0 aliphatic heterocycles. The maximum Gasteiger partial charge on any atom is 0.308 e. The van der Waals surface area contributed by atoms with E-state index in [1.54, 1.807) is 18.2 Å². The lowest BCUT2D eigenvalue weighted by Crippen LogP contribution is -2.03. The molecule has 0 aromatic heterocycles. The maximum absolute atomic E-state index is 11.1. The molecule has 3 nitrogen and oxygen atoms in total. The van der Waals surface area contributed by atoms with Crippen LogP contribution in [0.2, 0.25) is 0 Å². The van der Waals surface area contributed by atoms with Crippen molar-refractivity contribution in [1.29, 1.82) is 5.26 Å². The summed E-state index contributed by atoms with van der Waals surface area (Å²) in [6.07, 6.45) is 0. The molecule has 2 rings (SSSR count). The van der Waals surface area contributed by atoms with Crippen molar-refractivity contribution in [2.24, 2.45) is 0 Å². The molecule has 0 saturated heterocycles. The topological polar surface area (TPSA) is 50.1 Å². The molecular weight excluding hydrogens is 250 g/mol. The van der Waals surface area contributed by atoms with E-state index in [1.165, 1.54) is 6.92 Å². The van der Waals surface area contributed by atoms with Gasteiger partial charge in [-0.05, 0) is 30.3 Å². The highest BCUT2D eigenvalue weighted by molar-refractivity contribution is 5.71. The molecule has 0 atom stereocenters. The van der Waals surface area contributed by atoms with Crippen LogP contribution in [0.1, 0.15) is 23.6 Å². The first-order valence-electron chi connectivity index (χ1n) is 5.98. The minimum Gasteiger partial charge on any atom is -0.425 e. The molecule has 3 heteroatoms. The van der Waals surface area contributed by atoms with E-state index in [-0.39, 0.29) is 0 Å². The van der Waals surface area contributed by atoms with Crippen molar-refractivity contribution < 1.29 is 9.53 Å². The number of esters is 1. The highest BCUT2D eigenvalue weighted by Crippen LogP contribution is 2.19. The van der Waals surface area contributed by atoms with E-state index in [0.29, 0.717) is 16.9 Å². The third-order valence-electron chi connectivity index (χ3n) is 2.48. The fourth-order valence-electron chi connectivity index (χ4n) is 1.60. The lowest BCUT2D eigenvalue weighted by Gasteiger charge is -2.04. The number of hydrogen-bond acceptors (Lipinski definition) is 3. The summed E-state index contributed by atoms with van der Waals surface area (Å²) in [5, 5.41) is 8.91. The van der Waals surface area contributed by atoms with Crippen molar-refractivity contribution in [2.45, 2.75) is 6.92 Å². The van der Waals surface area contributed by atoms with E-state index in [2.05, 4.69) is 11.8 Å². The van der Waals surface area contributed by atoms with E-state index >= 15 is 0 Å². The standard InChI is InChI=1S/C17H11NO2/c1-13(19)20-17-10-8-15(12-18)11-16(17)9-7-14-5-3-2-4-6-14/h2-6,8,10-11H,1H3. The normalized spacial score (nSPS) is 9.00. The average molecular weight is 261 g/mol. The fraction of sp³-hybridized carbons (Fsp3) is 0.0588. The second-order valence-electron chi connectivity index (χ2n) is 4.03. The second-order valence-corrected chi connectivity index (χ2v) is 4.03. The zero-order valence-electron chi connectivity index (χ0n) is 10.9. The minimum atomic E-state index is -0.419. The third-order valence-corrected chi connectivity index (χ3v) is 2.48. The fourth-order valence-corrected chi connectivity index (χ4v) is 1.60. The number of nitrogens with zero attached hydrogens (tertiary/aromatic N) is 1. The zero-order valence-corrected chi connectivity index (χ0v) is 10.9. The van der Waals surface area contributed by atoms with Crippen molar-refractivity contribution >= 4 is 5.97 Å². The van der Waals surface area contributed by atoms with Gasteiger partial charge in [-0.1, -0.05) is 30.0 Å². The second kappa shape index (κ2) is 6.22. The monoisotopic (exact) mass is 261 g/mol. The van der Waals surface area contributed by atoms with Gasteiger partial charge in [0.1, 0.15) is 5.75 Å². The molecule has 0 aliphatic carbocycles. The molecule has 2 aromatic carbocycles. The predicted octanol–water partition coefficient (Wildman–Crippen LogP) is 2.88. The number of hydrogen-bond donors (Lipinski definition) is 0. The van der Waals surface area contributed by atoms with Crippen molar-refractivity contribution in [1.82, 2.24) is 0 Å². The van der Waals surface area contributed by atoms with Crippen molar-refractivity contribution in [3.63, 3.8) is 0 Å². The average Bonchev–Trinajstić information content (AvgIpc) is 2.47. The Bertz CT molecular complexity index is 731. The summed E-state index contributed by atoms with van der Waals surface area (Å²) in [7, 11) is 0. The zero-order chi connectivity index (χ0) is 14.4. The molecule has 0 fully saturated rings. The highest BCUT2D eigenvalue weighted by atomic mass is 16.5. The van der Waals surface area contributed by atoms with Gasteiger partial charge in [-0.2, -0.15) is 5.26 Å². The molecule has 0 N–H and O–H groups in total. The van der Waals surface area contributed by atoms with E-state index < -0.39 is 5.97 Å². The Hall–Kier alpha value is -3.04. The Morgan fingerprint density at radius 3 is 2.45 bits per heavy atom. The number of nitriles is 1. The van der Waals surface area contributed by atoms with Crippen LogP contribution < -0.4 is 4.74 Å². The van der Waals surface area contributed by atoms with E-state index in [0.717, 1.165) is 5.56 Å². The van der Waals surface area contributed by atoms with E-state index in [1.807, 2.05) is 36.4 Å². The summed E-state index contributed by atoms with van der Waals surface area (Å²) in [6.45, 7) is 1.33. The van der Waals surface area contributed by atoms with Gasteiger partial charge in [0.05, 0.1) is 17.2 Å². The molecular formula is C17H11NO2. The molecule has 0 unspecified atom stereocenters. The van der Waals surface area contributed by atoms with Gasteiger partial charge in [0, 0.05) is 12.5 Å². The lowest BCUT2D eigenvalue weighted by atomic mass is 10.1. The summed E-state index contributed by atoms with van der Waals surface area (Å²) < 4.78 is 5.08. The van der Waals surface area contributed by atoms with Crippen molar-refractivity contribution in [2.75, 3.05) is 0 Å². The Morgan fingerprint density at radius 2 is 1.80 bits per heavy atom. The van der Waals surface area contributed by atoms with Crippen LogP contribution in [0, 0.1) is 23.2 Å². The molecule has 0 amide bonds. The van der Waals surface area contributed by atoms with Crippen LogP contribution in [0.5, 0.6) is 5.75 Å². The van der Waals surface area contributed by atoms with Gasteiger partial charge in [0.15, 0.2) is 0 Å². The molecule has 0 saturated carbocycles. The van der Waals surface area contributed by atoms with E-state index in [9.17, 15) is 4.79 Å². The minimum absolute atomic E-state index is 0.361.